The Kier molecular flexibility index (Phi) is 4.91. The number of carbonyl (C=O) groups is 1. The van der Waals surface area contributed by atoms with Crippen LogP contribution in [0.15, 0.2) is 23.0 Å². The summed E-state index contributed by atoms with van der Waals surface area (Å²) in [5, 5.41) is 30.5. The molecule has 0 atom stereocenters. The SMILES string of the molecule is N=c1/c(=C/c2ccc(O)c(O)c2)c(=O)nc2s/c(=C/C(=O)N3CCOCC3)[nH]n1-2. The number of H-pyrrole nitrogens is 1. The Morgan fingerprint density at radius 1 is 1.28 bits per heavy atom. The van der Waals surface area contributed by atoms with E-state index in [2.05, 4.69) is 10.1 Å². The van der Waals surface area contributed by atoms with E-state index in [1.807, 2.05) is 0 Å². The first-order valence-electron chi connectivity index (χ1n) is 8.71. The highest BCUT2D eigenvalue weighted by Crippen LogP contribution is 2.24. The molecule has 1 amide bonds. The van der Waals surface area contributed by atoms with Crippen molar-refractivity contribution in [2.75, 3.05) is 26.3 Å². The number of hydrogen-bond donors (Lipinski definition) is 4. The van der Waals surface area contributed by atoms with Crippen molar-refractivity contribution >= 4 is 29.4 Å². The lowest BCUT2D eigenvalue weighted by Gasteiger charge is -2.25. The van der Waals surface area contributed by atoms with E-state index in [0.29, 0.717) is 36.5 Å². The fourth-order valence-electron chi connectivity index (χ4n) is 2.89. The van der Waals surface area contributed by atoms with Crippen LogP contribution < -0.4 is 20.9 Å². The predicted molar refractivity (Wildman–Crippen MR) is 104 cm³/mol. The number of ether oxygens (including phenoxy) is 1. The van der Waals surface area contributed by atoms with Crippen LogP contribution in [0.25, 0.3) is 17.3 Å². The van der Waals surface area contributed by atoms with Gasteiger partial charge in [-0.15, -0.1) is 0 Å². The molecule has 1 aromatic carbocycles. The van der Waals surface area contributed by atoms with Crippen molar-refractivity contribution in [3.63, 3.8) is 0 Å². The first-order valence-corrected chi connectivity index (χ1v) is 9.52. The summed E-state index contributed by atoms with van der Waals surface area (Å²) in [6.07, 6.45) is 2.81. The van der Waals surface area contributed by atoms with E-state index in [1.54, 1.807) is 4.90 Å². The Labute approximate surface area is 167 Å². The minimum absolute atomic E-state index is 0.00713. The lowest BCUT2D eigenvalue weighted by Crippen LogP contribution is -2.47. The molecule has 1 fully saturated rings. The van der Waals surface area contributed by atoms with Gasteiger partial charge in [-0.2, -0.15) is 4.98 Å². The number of morpholine rings is 1. The van der Waals surface area contributed by atoms with E-state index in [1.165, 1.54) is 35.0 Å². The molecule has 10 nitrogen and oxygen atoms in total. The Morgan fingerprint density at radius 3 is 2.76 bits per heavy atom. The number of fused-ring (bicyclic) bond motifs is 1. The molecule has 11 heteroatoms. The average molecular weight is 415 g/mol. The molecule has 0 aromatic heterocycles. The third kappa shape index (κ3) is 3.77. The summed E-state index contributed by atoms with van der Waals surface area (Å²) in [4.78, 5) is 30.4. The minimum atomic E-state index is -0.608. The lowest BCUT2D eigenvalue weighted by molar-refractivity contribution is -0.128. The van der Waals surface area contributed by atoms with Crippen LogP contribution in [0.2, 0.25) is 0 Å². The highest BCUT2D eigenvalue weighted by molar-refractivity contribution is 7.11. The van der Waals surface area contributed by atoms with E-state index in [0.717, 1.165) is 11.3 Å². The van der Waals surface area contributed by atoms with Crippen LogP contribution in [-0.2, 0) is 9.53 Å². The molecular weight excluding hydrogens is 398 g/mol. The highest BCUT2D eigenvalue weighted by atomic mass is 32.1. The van der Waals surface area contributed by atoms with E-state index < -0.39 is 5.56 Å². The smallest absolute Gasteiger partial charge is 0.283 e. The van der Waals surface area contributed by atoms with Crippen molar-refractivity contribution < 1.29 is 19.7 Å². The second-order valence-corrected chi connectivity index (χ2v) is 7.36. The zero-order valence-corrected chi connectivity index (χ0v) is 15.9. The second-order valence-electron chi connectivity index (χ2n) is 6.35. The molecule has 4 N–H and O–H groups in total. The Balaban J connectivity index is 1.79. The molecule has 1 aromatic rings. The number of hydrogen-bond acceptors (Lipinski definition) is 8. The van der Waals surface area contributed by atoms with E-state index in [-0.39, 0.29) is 33.2 Å². The van der Waals surface area contributed by atoms with E-state index in [9.17, 15) is 19.8 Å². The van der Waals surface area contributed by atoms with Gasteiger partial charge in [0.2, 0.25) is 11.0 Å². The topological polar surface area (TPSA) is 145 Å². The molecule has 0 bridgehead atoms. The summed E-state index contributed by atoms with van der Waals surface area (Å²) < 4.78 is 7.01. The number of aromatic amines is 1. The van der Waals surface area contributed by atoms with Crippen molar-refractivity contribution in [2.24, 2.45) is 0 Å². The van der Waals surface area contributed by atoms with E-state index >= 15 is 0 Å². The molecule has 3 heterocycles. The third-order valence-electron chi connectivity index (χ3n) is 4.41. The highest BCUT2D eigenvalue weighted by Gasteiger charge is 2.16. The number of aromatic nitrogens is 3. The molecule has 3 aliphatic rings. The molecular formula is C18H17N5O5S. The van der Waals surface area contributed by atoms with Crippen LogP contribution in [0, 0.1) is 5.41 Å². The third-order valence-corrected chi connectivity index (χ3v) is 5.29. The molecule has 0 saturated carbocycles. The van der Waals surface area contributed by atoms with Gasteiger partial charge in [-0.05, 0) is 23.8 Å². The summed E-state index contributed by atoms with van der Waals surface area (Å²) in [5.41, 5.74) is -0.316. The quantitative estimate of drug-likeness (QED) is 0.372. The van der Waals surface area contributed by atoms with E-state index in [4.69, 9.17) is 10.1 Å². The van der Waals surface area contributed by atoms with Crippen LogP contribution >= 0.6 is 11.3 Å². The molecule has 0 unspecified atom stereocenters. The normalized spacial score (nSPS) is 15.9. The van der Waals surface area contributed by atoms with Crippen LogP contribution in [0.4, 0.5) is 0 Å². The Hall–Kier alpha value is -3.44. The van der Waals surface area contributed by atoms with Crippen molar-refractivity contribution in [1.29, 1.82) is 5.41 Å². The predicted octanol–water partition coefficient (Wildman–Crippen LogP) is -1.58. The molecule has 29 heavy (non-hydrogen) atoms. The molecule has 4 rings (SSSR count). The fourth-order valence-corrected chi connectivity index (χ4v) is 3.74. The van der Waals surface area contributed by atoms with Crippen molar-refractivity contribution in [3.05, 3.63) is 49.5 Å². The lowest BCUT2D eigenvalue weighted by atomic mass is 10.1. The number of aromatic hydroxyl groups is 2. The van der Waals surface area contributed by atoms with Gasteiger partial charge < -0.3 is 19.8 Å². The fraction of sp³-hybridized carbons (Fsp3) is 0.222. The second kappa shape index (κ2) is 7.53. The average Bonchev–Trinajstić information content (AvgIpc) is 3.11. The largest absolute Gasteiger partial charge is 0.504 e. The molecule has 150 valence electrons. The number of carbonyl (C=O) groups excluding carboxylic acids is 1. The zero-order chi connectivity index (χ0) is 20.5. The summed E-state index contributed by atoms with van der Waals surface area (Å²) >= 11 is 1.09. The van der Waals surface area contributed by atoms with Gasteiger partial charge in [0.25, 0.3) is 5.56 Å². The van der Waals surface area contributed by atoms with Gasteiger partial charge in [-0.3, -0.25) is 20.1 Å². The molecule has 0 radical (unpaired) electrons. The molecule has 1 saturated heterocycles. The number of rotatable bonds is 2. The van der Waals surface area contributed by atoms with Crippen LogP contribution in [0.5, 0.6) is 11.5 Å². The zero-order valence-electron chi connectivity index (χ0n) is 15.1. The summed E-state index contributed by atoms with van der Waals surface area (Å²) in [6.45, 7) is 2.01. The van der Waals surface area contributed by atoms with Crippen LogP contribution in [0.1, 0.15) is 5.56 Å². The summed E-state index contributed by atoms with van der Waals surface area (Å²) in [6, 6.07) is 4.07. The molecule has 0 spiro atoms. The minimum Gasteiger partial charge on any atom is -0.504 e. The Bertz CT molecular complexity index is 1290. The van der Waals surface area contributed by atoms with Gasteiger partial charge in [0.15, 0.2) is 17.0 Å². The number of phenols is 2. The molecule has 0 aliphatic carbocycles. The number of phenolic OH excluding ortho intramolecular Hbond substituents is 2. The number of nitrogens with one attached hydrogen (secondary N) is 2. The summed E-state index contributed by atoms with van der Waals surface area (Å²) in [7, 11) is 0. The summed E-state index contributed by atoms with van der Waals surface area (Å²) in [5.74, 6) is -0.799. The van der Waals surface area contributed by atoms with Gasteiger partial charge >= 0.3 is 0 Å². The number of amides is 1. The standard InChI is InChI=1S/C18H17N5O5S/c19-16-11(7-10-1-2-12(24)13(25)8-10)17(27)20-18-23(16)21-14(29-18)9-15(26)22-3-5-28-6-4-22/h1-2,7-9,19,21,24-25H,3-6H2/b11-7-,14-9+,19-16?. The monoisotopic (exact) mass is 415 g/mol. The van der Waals surface area contributed by atoms with Crippen molar-refractivity contribution in [2.45, 2.75) is 0 Å². The van der Waals surface area contributed by atoms with Crippen molar-refractivity contribution in [3.8, 4) is 16.6 Å². The van der Waals surface area contributed by atoms with Crippen LogP contribution in [0.3, 0.4) is 0 Å². The van der Waals surface area contributed by atoms with Crippen molar-refractivity contribution in [1.82, 2.24) is 19.7 Å². The van der Waals surface area contributed by atoms with Gasteiger partial charge in [0.05, 0.1) is 18.4 Å². The van der Waals surface area contributed by atoms with Gasteiger partial charge in [-0.25, -0.2) is 4.68 Å². The van der Waals surface area contributed by atoms with Gasteiger partial charge in [0, 0.05) is 19.2 Å². The number of benzene rings is 1. The van der Waals surface area contributed by atoms with Gasteiger partial charge in [0.1, 0.15) is 4.66 Å². The maximum atomic E-state index is 12.4. The maximum absolute atomic E-state index is 12.4. The maximum Gasteiger partial charge on any atom is 0.283 e. The molecule has 3 aliphatic heterocycles. The van der Waals surface area contributed by atoms with Crippen LogP contribution in [-0.4, -0.2) is 62.1 Å². The Morgan fingerprint density at radius 2 is 2.03 bits per heavy atom. The first-order chi connectivity index (χ1) is 13.9. The number of nitrogens with zero attached hydrogens (tertiary/aromatic N) is 3. The first kappa shape index (κ1) is 18.9. The van der Waals surface area contributed by atoms with Gasteiger partial charge in [-0.1, -0.05) is 17.4 Å².